The zero-order valence-electron chi connectivity index (χ0n) is 37.6. The minimum atomic E-state index is -5.19. The highest BCUT2D eigenvalue weighted by molar-refractivity contribution is 7.47. The van der Waals surface area contributed by atoms with Crippen molar-refractivity contribution in [2.24, 2.45) is 0 Å². The third kappa shape index (κ3) is 29.4. The molecule has 1 aliphatic carbocycles. The van der Waals surface area contributed by atoms with Crippen molar-refractivity contribution in [2.45, 2.75) is 197 Å². The molecule has 0 radical (unpaired) electrons. The molecule has 16 heteroatoms. The Labute approximate surface area is 375 Å². The maximum Gasteiger partial charge on any atom is 0.472 e. The van der Waals surface area contributed by atoms with Crippen molar-refractivity contribution in [3.63, 3.8) is 0 Å². The van der Waals surface area contributed by atoms with E-state index < -0.39 is 87.9 Å². The molecular formula is C47H79O15P. The predicted octanol–water partition coefficient (Wildman–Crippen LogP) is 6.66. The summed E-state index contributed by atoms with van der Waals surface area (Å²) >= 11 is 0. The van der Waals surface area contributed by atoms with Crippen LogP contribution in [0.25, 0.3) is 0 Å². The van der Waals surface area contributed by atoms with Crippen LogP contribution in [0.15, 0.2) is 72.9 Å². The standard InChI is InChI=1S/C47H79O15P/c1-3-5-7-9-11-12-13-14-15-16-17-18-19-21-27-33-40(50)59-35-39(36-60-63(57,58)62-47-45(55)43(53)42(52)44(54)46(47)56)61-41(51)34-28-32-38(49)31-26-23-22-25-30-37(48)29-24-20-10-8-6-4-2/h6,8,14-15,20,22-26,30-31,37-39,42-49,52-56H,3-5,7,9-13,16-19,21,27-29,32-36H2,1-2H3,(H,57,58)/b8-6-,15-14-,23-22-,24-20-,30-25+,31-26+. The lowest BCUT2D eigenvalue weighted by Crippen LogP contribution is -2.64. The van der Waals surface area contributed by atoms with Gasteiger partial charge in [-0.1, -0.05) is 138 Å². The number of aliphatic hydroxyl groups is 7. The molecule has 0 aromatic rings. The van der Waals surface area contributed by atoms with Crippen LogP contribution >= 0.6 is 7.82 Å². The predicted molar refractivity (Wildman–Crippen MR) is 242 cm³/mol. The van der Waals surface area contributed by atoms with E-state index in [0.29, 0.717) is 12.8 Å². The number of allylic oxidation sites excluding steroid dienone is 9. The molecule has 1 fully saturated rings. The van der Waals surface area contributed by atoms with E-state index in [1.807, 2.05) is 12.2 Å². The van der Waals surface area contributed by atoms with Crippen LogP contribution < -0.4 is 0 Å². The Morgan fingerprint density at radius 1 is 0.603 bits per heavy atom. The second kappa shape index (κ2) is 36.4. The van der Waals surface area contributed by atoms with Crippen LogP contribution in [0, 0.1) is 0 Å². The Kier molecular flexibility index (Phi) is 33.7. The maximum atomic E-state index is 12.8. The van der Waals surface area contributed by atoms with Gasteiger partial charge in [0.2, 0.25) is 0 Å². The number of hydrogen-bond acceptors (Lipinski definition) is 14. The lowest BCUT2D eigenvalue weighted by Gasteiger charge is -2.41. The lowest BCUT2D eigenvalue weighted by molar-refractivity contribution is -0.220. The highest BCUT2D eigenvalue weighted by Crippen LogP contribution is 2.47. The molecule has 8 unspecified atom stereocenters. The molecule has 8 N–H and O–H groups in total. The second-order valence-electron chi connectivity index (χ2n) is 15.9. The molecular weight excluding hydrogens is 835 g/mol. The summed E-state index contributed by atoms with van der Waals surface area (Å²) in [6.45, 7) is 2.92. The molecule has 0 bridgehead atoms. The van der Waals surface area contributed by atoms with Crippen LogP contribution in [0.1, 0.15) is 142 Å². The zero-order chi connectivity index (χ0) is 46.7. The largest absolute Gasteiger partial charge is 0.472 e. The van der Waals surface area contributed by atoms with Crippen molar-refractivity contribution in [1.82, 2.24) is 0 Å². The van der Waals surface area contributed by atoms with Crippen molar-refractivity contribution in [1.29, 1.82) is 0 Å². The number of carbonyl (C=O) groups excluding carboxylic acids is 2. The summed E-state index contributed by atoms with van der Waals surface area (Å²) < 4.78 is 33.3. The molecule has 1 saturated carbocycles. The molecule has 0 aromatic heterocycles. The first kappa shape index (κ1) is 58.2. The normalized spacial score (nSPS) is 23.4. The highest BCUT2D eigenvalue weighted by Gasteiger charge is 2.51. The molecule has 1 aliphatic rings. The highest BCUT2D eigenvalue weighted by atomic mass is 31.2. The van der Waals surface area contributed by atoms with E-state index in [-0.39, 0.29) is 25.7 Å². The smallest absolute Gasteiger partial charge is 0.462 e. The van der Waals surface area contributed by atoms with Crippen LogP contribution in [0.4, 0.5) is 0 Å². The van der Waals surface area contributed by atoms with Crippen molar-refractivity contribution >= 4 is 19.8 Å². The van der Waals surface area contributed by atoms with E-state index in [1.165, 1.54) is 44.6 Å². The third-order valence-corrected chi connectivity index (χ3v) is 11.2. The van der Waals surface area contributed by atoms with Crippen molar-refractivity contribution in [3.8, 4) is 0 Å². The number of aliphatic hydroxyl groups excluding tert-OH is 7. The second-order valence-corrected chi connectivity index (χ2v) is 17.3. The van der Waals surface area contributed by atoms with Gasteiger partial charge < -0.3 is 50.1 Å². The SMILES string of the molecule is CC/C=C\C/C=C\CC(O)/C=C/C=C\C=C\C(O)CCCC(=O)OC(COC(=O)CCCCCCC/C=C\CCCCCCCC)COP(=O)(O)OC1C(O)C(O)C(O)C(O)C1O. The molecule has 0 aromatic carbocycles. The lowest BCUT2D eigenvalue weighted by atomic mass is 9.85. The van der Waals surface area contributed by atoms with Crippen LogP contribution in [-0.2, 0) is 32.7 Å². The van der Waals surface area contributed by atoms with Crippen molar-refractivity contribution in [3.05, 3.63) is 72.9 Å². The molecule has 0 heterocycles. The fourth-order valence-corrected chi connectivity index (χ4v) is 7.43. The fraction of sp³-hybridized carbons (Fsp3) is 0.702. The topological polar surface area (TPSA) is 250 Å². The Balaban J connectivity index is 2.60. The summed E-state index contributed by atoms with van der Waals surface area (Å²) in [5.74, 6) is -1.36. The quantitative estimate of drug-likeness (QED) is 0.0108. The van der Waals surface area contributed by atoms with Crippen molar-refractivity contribution < 1.29 is 73.3 Å². The number of rotatable bonds is 36. The van der Waals surface area contributed by atoms with E-state index >= 15 is 0 Å². The Hall–Kier alpha value is -2.79. The summed E-state index contributed by atoms with van der Waals surface area (Å²) in [7, 11) is -5.19. The number of hydrogen-bond donors (Lipinski definition) is 8. The molecule has 63 heavy (non-hydrogen) atoms. The fourth-order valence-electron chi connectivity index (χ4n) is 6.46. The Bertz CT molecular complexity index is 1410. The molecule has 0 saturated heterocycles. The first-order valence-electron chi connectivity index (χ1n) is 23.0. The van der Waals surface area contributed by atoms with Crippen molar-refractivity contribution in [2.75, 3.05) is 13.2 Å². The van der Waals surface area contributed by atoms with E-state index in [9.17, 15) is 54.8 Å². The number of phosphoric acid groups is 1. The van der Waals surface area contributed by atoms with E-state index in [0.717, 1.165) is 51.4 Å². The summed E-state index contributed by atoms with van der Waals surface area (Å²) in [6, 6.07) is 0. The first-order valence-corrected chi connectivity index (χ1v) is 24.5. The third-order valence-electron chi connectivity index (χ3n) is 10.2. The average Bonchev–Trinajstić information content (AvgIpc) is 3.25. The van der Waals surface area contributed by atoms with Gasteiger partial charge in [0.1, 0.15) is 43.2 Å². The van der Waals surface area contributed by atoms with Gasteiger partial charge in [0.15, 0.2) is 6.10 Å². The molecule has 1 rings (SSSR count). The number of unbranched alkanes of at least 4 members (excludes halogenated alkanes) is 11. The number of carbonyl (C=O) groups is 2. The number of ether oxygens (including phenoxy) is 2. The first-order chi connectivity index (χ1) is 30.2. The molecule has 0 spiro atoms. The van der Waals surface area contributed by atoms with Gasteiger partial charge in [-0.05, 0) is 64.2 Å². The summed E-state index contributed by atoms with van der Waals surface area (Å²) in [5, 5.41) is 70.5. The Morgan fingerprint density at radius 2 is 1.14 bits per heavy atom. The van der Waals surface area contributed by atoms with Gasteiger partial charge in [0.25, 0.3) is 0 Å². The number of esters is 2. The van der Waals surface area contributed by atoms with E-state index in [1.54, 1.807) is 30.4 Å². The zero-order valence-corrected chi connectivity index (χ0v) is 38.5. The molecule has 0 amide bonds. The van der Waals surface area contributed by atoms with Crippen LogP contribution in [0.5, 0.6) is 0 Å². The van der Waals surface area contributed by atoms with Gasteiger partial charge in [-0.2, -0.15) is 0 Å². The minimum Gasteiger partial charge on any atom is -0.462 e. The summed E-state index contributed by atoms with van der Waals surface area (Å²) in [4.78, 5) is 35.7. The number of phosphoric ester groups is 1. The molecule has 0 aliphatic heterocycles. The van der Waals surface area contributed by atoms with Gasteiger partial charge in [0.05, 0.1) is 18.8 Å². The molecule has 8 atom stereocenters. The van der Waals surface area contributed by atoms with Crippen LogP contribution in [-0.4, -0.2) is 121 Å². The van der Waals surface area contributed by atoms with E-state index in [4.69, 9.17) is 18.5 Å². The maximum absolute atomic E-state index is 12.8. The van der Waals surface area contributed by atoms with Gasteiger partial charge >= 0.3 is 19.8 Å². The van der Waals surface area contributed by atoms with Gasteiger partial charge in [-0.25, -0.2) is 4.57 Å². The van der Waals surface area contributed by atoms with Gasteiger partial charge in [-0.3, -0.25) is 18.6 Å². The summed E-state index contributed by atoms with van der Waals surface area (Å²) in [6.07, 6.45) is 24.3. The Morgan fingerprint density at radius 3 is 1.76 bits per heavy atom. The summed E-state index contributed by atoms with van der Waals surface area (Å²) in [5.41, 5.74) is 0. The molecule has 362 valence electrons. The monoisotopic (exact) mass is 915 g/mol. The minimum absolute atomic E-state index is 0.100. The van der Waals surface area contributed by atoms with E-state index in [2.05, 4.69) is 38.2 Å². The van der Waals surface area contributed by atoms with Gasteiger partial charge in [0, 0.05) is 12.8 Å². The molecule has 15 nitrogen and oxygen atoms in total. The average molecular weight is 915 g/mol. The van der Waals surface area contributed by atoms with Crippen LogP contribution in [0.2, 0.25) is 0 Å². The van der Waals surface area contributed by atoms with Gasteiger partial charge in [-0.15, -0.1) is 0 Å². The van der Waals surface area contributed by atoms with Crippen LogP contribution in [0.3, 0.4) is 0 Å².